The molecule has 3 heterocycles. The lowest BCUT2D eigenvalue weighted by molar-refractivity contribution is -0.122. The molecule has 1 aromatic heterocycles. The van der Waals surface area contributed by atoms with E-state index < -0.39 is 23.0 Å². The van der Waals surface area contributed by atoms with E-state index in [4.69, 9.17) is 14.2 Å². The van der Waals surface area contributed by atoms with Crippen LogP contribution >= 0.6 is 23.1 Å². The van der Waals surface area contributed by atoms with E-state index in [0.29, 0.717) is 44.1 Å². The summed E-state index contributed by atoms with van der Waals surface area (Å²) in [6.07, 6.45) is 0. The SMILES string of the molecule is COc1ccc(NC(=O)Cn2c3c(sc2=O)C(c2ccc(OC)c(OC)c2)C2C(=O)N(c4ccccc4)C(=O)C2S3)cc1. The third-order valence-electron chi connectivity index (χ3n) is 7.51. The van der Waals surface area contributed by atoms with Crippen molar-refractivity contribution >= 4 is 52.2 Å². The monoisotopic (exact) mass is 617 g/mol. The number of fused-ring (bicyclic) bond motifs is 2. The number of benzene rings is 3. The summed E-state index contributed by atoms with van der Waals surface area (Å²) in [6.45, 7) is -0.260. The molecule has 43 heavy (non-hydrogen) atoms. The molecule has 3 unspecified atom stereocenters. The minimum atomic E-state index is -0.803. The van der Waals surface area contributed by atoms with Crippen molar-refractivity contribution in [3.05, 3.63) is 92.9 Å². The molecule has 0 aliphatic carbocycles. The van der Waals surface area contributed by atoms with Gasteiger partial charge in [-0.1, -0.05) is 47.4 Å². The summed E-state index contributed by atoms with van der Waals surface area (Å²) in [7, 11) is 4.60. The second-order valence-corrected chi connectivity index (χ2v) is 12.0. The number of thiazole rings is 1. The van der Waals surface area contributed by atoms with E-state index in [1.54, 1.807) is 67.8 Å². The number of aromatic nitrogens is 1. The second-order valence-electron chi connectivity index (χ2n) is 9.90. The first-order valence-corrected chi connectivity index (χ1v) is 15.0. The zero-order valence-corrected chi connectivity index (χ0v) is 25.1. The lowest BCUT2D eigenvalue weighted by atomic mass is 9.83. The van der Waals surface area contributed by atoms with Gasteiger partial charge in [-0.05, 0) is 54.1 Å². The molecule has 2 aliphatic heterocycles. The maximum atomic E-state index is 14.0. The van der Waals surface area contributed by atoms with Crippen LogP contribution < -0.4 is 29.3 Å². The fourth-order valence-corrected chi connectivity index (χ4v) is 8.28. The minimum absolute atomic E-state index is 0.260. The summed E-state index contributed by atoms with van der Waals surface area (Å²) < 4.78 is 17.5. The molecule has 3 aromatic carbocycles. The first-order chi connectivity index (χ1) is 20.8. The van der Waals surface area contributed by atoms with Crippen molar-refractivity contribution in [2.45, 2.75) is 22.7 Å². The number of hydrogen-bond donors (Lipinski definition) is 1. The predicted octanol–water partition coefficient (Wildman–Crippen LogP) is 4.37. The Kier molecular flexibility index (Phi) is 7.72. The number of amides is 3. The van der Waals surface area contributed by atoms with Crippen LogP contribution in [0.4, 0.5) is 11.4 Å². The largest absolute Gasteiger partial charge is 0.497 e. The summed E-state index contributed by atoms with van der Waals surface area (Å²) in [5.74, 6) is -0.907. The number of nitrogens with one attached hydrogen (secondary N) is 1. The zero-order chi connectivity index (χ0) is 30.2. The van der Waals surface area contributed by atoms with Crippen LogP contribution in [0.5, 0.6) is 17.2 Å². The van der Waals surface area contributed by atoms with Gasteiger partial charge in [-0.2, -0.15) is 0 Å². The number of thioether (sulfide) groups is 1. The van der Waals surface area contributed by atoms with Crippen molar-refractivity contribution in [3.8, 4) is 17.2 Å². The van der Waals surface area contributed by atoms with E-state index in [9.17, 15) is 19.2 Å². The molecule has 4 aromatic rings. The number of para-hydroxylation sites is 1. The van der Waals surface area contributed by atoms with Crippen LogP contribution in [0.2, 0.25) is 0 Å². The topological polar surface area (TPSA) is 116 Å². The van der Waals surface area contributed by atoms with E-state index in [1.807, 2.05) is 12.1 Å². The lowest BCUT2D eigenvalue weighted by Crippen LogP contribution is -2.33. The molecule has 10 nitrogen and oxygen atoms in total. The van der Waals surface area contributed by atoms with Gasteiger partial charge in [0.15, 0.2) is 11.5 Å². The van der Waals surface area contributed by atoms with E-state index in [2.05, 4.69) is 5.32 Å². The Balaban J connectivity index is 1.42. The van der Waals surface area contributed by atoms with Crippen molar-refractivity contribution in [1.82, 2.24) is 4.57 Å². The third kappa shape index (κ3) is 5.06. The molecular formula is C31H27N3O7S2. The van der Waals surface area contributed by atoms with Gasteiger partial charge in [-0.15, -0.1) is 0 Å². The highest BCUT2D eigenvalue weighted by atomic mass is 32.2. The maximum absolute atomic E-state index is 14.0. The van der Waals surface area contributed by atoms with Crippen LogP contribution in [0.3, 0.4) is 0 Å². The summed E-state index contributed by atoms with van der Waals surface area (Å²) in [4.78, 5) is 55.9. The van der Waals surface area contributed by atoms with Crippen LogP contribution in [-0.2, 0) is 20.9 Å². The standard InChI is InChI=1S/C31H27N3O7S2/c1-39-20-12-10-18(11-13-20)32-23(35)16-33-30-27(43-31(33)38)24(17-9-14-21(40-2)22(15-17)41-3)25-26(42-30)29(37)34(28(25)36)19-7-5-4-6-8-19/h4-15,24-26H,16H2,1-3H3,(H,32,35). The molecule has 0 bridgehead atoms. The minimum Gasteiger partial charge on any atom is -0.497 e. The van der Waals surface area contributed by atoms with Crippen molar-refractivity contribution in [2.24, 2.45) is 5.92 Å². The molecule has 1 N–H and O–H groups in total. The molecule has 220 valence electrons. The molecule has 2 aliphatic rings. The van der Waals surface area contributed by atoms with Crippen molar-refractivity contribution < 1.29 is 28.6 Å². The molecule has 12 heteroatoms. The number of ether oxygens (including phenoxy) is 3. The molecule has 0 spiro atoms. The number of carbonyl (C=O) groups excluding carboxylic acids is 3. The average Bonchev–Trinajstić information content (AvgIpc) is 3.47. The Hall–Kier alpha value is -4.55. The Morgan fingerprint density at radius 2 is 1.58 bits per heavy atom. The number of carbonyl (C=O) groups is 3. The summed E-state index contributed by atoms with van der Waals surface area (Å²) >= 11 is 2.14. The van der Waals surface area contributed by atoms with Gasteiger partial charge < -0.3 is 19.5 Å². The van der Waals surface area contributed by atoms with Gasteiger partial charge in [-0.3, -0.25) is 23.7 Å². The van der Waals surface area contributed by atoms with Gasteiger partial charge in [0.2, 0.25) is 17.7 Å². The van der Waals surface area contributed by atoms with E-state index in [1.165, 1.54) is 23.7 Å². The highest BCUT2D eigenvalue weighted by Crippen LogP contribution is 2.54. The van der Waals surface area contributed by atoms with E-state index in [-0.39, 0.29) is 23.2 Å². The Bertz CT molecular complexity index is 1770. The van der Waals surface area contributed by atoms with Gasteiger partial charge in [0.25, 0.3) is 0 Å². The third-order valence-corrected chi connectivity index (χ3v) is 10.1. The van der Waals surface area contributed by atoms with Gasteiger partial charge >= 0.3 is 4.87 Å². The fourth-order valence-electron chi connectivity index (χ4n) is 5.51. The highest BCUT2D eigenvalue weighted by Gasteiger charge is 2.57. The smallest absolute Gasteiger partial charge is 0.308 e. The quantitative estimate of drug-likeness (QED) is 0.290. The van der Waals surface area contributed by atoms with Gasteiger partial charge in [0.1, 0.15) is 17.5 Å². The molecule has 1 fully saturated rings. The normalized spacial score (nSPS) is 19.0. The Morgan fingerprint density at radius 1 is 0.860 bits per heavy atom. The molecular weight excluding hydrogens is 590 g/mol. The molecule has 6 rings (SSSR count). The summed E-state index contributed by atoms with van der Waals surface area (Å²) in [5.41, 5.74) is 1.73. The number of imide groups is 1. The van der Waals surface area contributed by atoms with E-state index in [0.717, 1.165) is 23.1 Å². The lowest BCUT2D eigenvalue weighted by Gasteiger charge is -2.31. The summed E-state index contributed by atoms with van der Waals surface area (Å²) in [5, 5.41) is 2.50. The van der Waals surface area contributed by atoms with Gasteiger partial charge in [0.05, 0.1) is 38.0 Å². The molecule has 0 saturated carbocycles. The highest BCUT2D eigenvalue weighted by molar-refractivity contribution is 8.00. The van der Waals surface area contributed by atoms with Crippen LogP contribution in [0.25, 0.3) is 0 Å². The molecule has 3 atom stereocenters. The number of anilines is 2. The Morgan fingerprint density at radius 3 is 2.26 bits per heavy atom. The van der Waals surface area contributed by atoms with Crippen LogP contribution in [0.15, 0.2) is 82.6 Å². The van der Waals surface area contributed by atoms with Crippen LogP contribution in [-0.4, -0.2) is 48.9 Å². The van der Waals surface area contributed by atoms with E-state index >= 15 is 0 Å². The van der Waals surface area contributed by atoms with Crippen molar-refractivity contribution in [1.29, 1.82) is 0 Å². The fraction of sp³-hybridized carbons (Fsp3) is 0.226. The Labute approximate surface area is 255 Å². The molecule has 1 saturated heterocycles. The number of rotatable bonds is 8. The van der Waals surface area contributed by atoms with Crippen LogP contribution in [0.1, 0.15) is 16.4 Å². The molecule has 3 amide bonds. The zero-order valence-electron chi connectivity index (χ0n) is 23.4. The average molecular weight is 618 g/mol. The number of hydrogen-bond acceptors (Lipinski definition) is 9. The van der Waals surface area contributed by atoms with Crippen LogP contribution in [0, 0.1) is 5.92 Å². The van der Waals surface area contributed by atoms with Gasteiger partial charge in [-0.25, -0.2) is 4.90 Å². The maximum Gasteiger partial charge on any atom is 0.308 e. The second kappa shape index (κ2) is 11.6. The first kappa shape index (κ1) is 28.6. The van der Waals surface area contributed by atoms with Crippen molar-refractivity contribution in [2.75, 3.05) is 31.5 Å². The molecule has 0 radical (unpaired) electrons. The predicted molar refractivity (Wildman–Crippen MR) is 164 cm³/mol. The van der Waals surface area contributed by atoms with Crippen molar-refractivity contribution in [3.63, 3.8) is 0 Å². The summed E-state index contributed by atoms with van der Waals surface area (Å²) in [6, 6.07) is 21.0. The number of nitrogens with zero attached hydrogens (tertiary/aromatic N) is 2. The number of methoxy groups -OCH3 is 3. The first-order valence-electron chi connectivity index (χ1n) is 13.3. The van der Waals surface area contributed by atoms with Gasteiger partial charge in [0, 0.05) is 16.5 Å².